The number of hydrogen-bond donors (Lipinski definition) is 0. The molecule has 2 fully saturated rings. The van der Waals surface area contributed by atoms with Crippen molar-refractivity contribution in [2.75, 3.05) is 18.0 Å². The van der Waals surface area contributed by atoms with E-state index in [1.165, 1.54) is 48.0 Å². The highest BCUT2D eigenvalue weighted by atomic mass is 32.1. The van der Waals surface area contributed by atoms with E-state index in [1.807, 2.05) is 6.92 Å². The summed E-state index contributed by atoms with van der Waals surface area (Å²) < 4.78 is 1.44. The Balaban J connectivity index is 1.64. The number of hydrogen-bond acceptors (Lipinski definition) is 5. The second-order valence-electron chi connectivity index (χ2n) is 6.35. The van der Waals surface area contributed by atoms with Gasteiger partial charge in [-0.3, -0.25) is 4.79 Å². The van der Waals surface area contributed by atoms with Gasteiger partial charge in [0.25, 0.3) is 5.56 Å². The molecule has 1 aliphatic carbocycles. The molecule has 0 aromatic carbocycles. The van der Waals surface area contributed by atoms with Gasteiger partial charge in [0.1, 0.15) is 0 Å². The van der Waals surface area contributed by atoms with Gasteiger partial charge in [0, 0.05) is 24.8 Å². The van der Waals surface area contributed by atoms with Gasteiger partial charge in [-0.05, 0) is 31.6 Å². The van der Waals surface area contributed by atoms with E-state index in [-0.39, 0.29) is 5.56 Å². The zero-order chi connectivity index (χ0) is 14.4. The van der Waals surface area contributed by atoms with Crippen molar-refractivity contribution in [1.29, 1.82) is 0 Å². The molecule has 6 heteroatoms. The lowest BCUT2D eigenvalue weighted by Gasteiger charge is -2.41. The van der Waals surface area contributed by atoms with Gasteiger partial charge in [0.05, 0.1) is 0 Å². The minimum absolute atomic E-state index is 0.0763. The Morgan fingerprint density at radius 2 is 2.05 bits per heavy atom. The third-order valence-electron chi connectivity index (χ3n) is 4.92. The molecule has 0 spiro atoms. The van der Waals surface area contributed by atoms with Crippen molar-refractivity contribution in [3.05, 3.63) is 22.1 Å². The Hall–Kier alpha value is -1.43. The van der Waals surface area contributed by atoms with E-state index >= 15 is 0 Å². The second-order valence-corrected chi connectivity index (χ2v) is 7.29. The van der Waals surface area contributed by atoms with Crippen LogP contribution in [0, 0.1) is 18.8 Å². The first-order valence-electron chi connectivity index (χ1n) is 7.83. The largest absolute Gasteiger partial charge is 0.346 e. The molecule has 0 amide bonds. The molecule has 1 saturated carbocycles. The van der Waals surface area contributed by atoms with Gasteiger partial charge in [0.2, 0.25) is 10.1 Å². The molecule has 1 aliphatic heterocycles. The van der Waals surface area contributed by atoms with Gasteiger partial charge in [0.15, 0.2) is 0 Å². The number of fused-ring (bicyclic) bond motifs is 2. The summed E-state index contributed by atoms with van der Waals surface area (Å²) in [5.41, 5.74) is 0.689. The minimum atomic E-state index is -0.0763. The Labute approximate surface area is 127 Å². The SMILES string of the molecule is Cc1cc(=O)n2nc(N3CC[C@H]4CCCC[C@@H]4C3)sc2n1. The normalized spacial score (nSPS) is 26.0. The minimum Gasteiger partial charge on any atom is -0.346 e. The van der Waals surface area contributed by atoms with Crippen LogP contribution in [0.3, 0.4) is 0 Å². The van der Waals surface area contributed by atoms with Crippen LogP contribution in [0.15, 0.2) is 10.9 Å². The molecule has 2 atom stereocenters. The van der Waals surface area contributed by atoms with Crippen molar-refractivity contribution in [3.8, 4) is 0 Å². The van der Waals surface area contributed by atoms with Crippen molar-refractivity contribution in [2.45, 2.75) is 39.0 Å². The summed E-state index contributed by atoms with van der Waals surface area (Å²) in [5.74, 6) is 1.72. The zero-order valence-electron chi connectivity index (χ0n) is 12.3. The standard InChI is InChI=1S/C15H20N4OS/c1-10-8-13(20)19-14(16-10)21-15(17-19)18-7-6-11-4-2-3-5-12(11)9-18/h8,11-12H,2-7,9H2,1H3/t11-,12-/m1/s1. The van der Waals surface area contributed by atoms with Crippen LogP contribution < -0.4 is 10.5 Å². The van der Waals surface area contributed by atoms with Crippen LogP contribution in [0.5, 0.6) is 0 Å². The predicted octanol–water partition coefficient (Wildman–Crippen LogP) is 2.48. The van der Waals surface area contributed by atoms with Crippen LogP contribution >= 0.6 is 11.3 Å². The molecule has 2 aromatic heterocycles. The summed E-state index contributed by atoms with van der Waals surface area (Å²) in [6, 6.07) is 1.55. The number of anilines is 1. The highest BCUT2D eigenvalue weighted by Gasteiger charge is 2.32. The average molecular weight is 304 g/mol. The molecule has 5 nitrogen and oxygen atoms in total. The smallest absolute Gasteiger partial charge is 0.275 e. The Morgan fingerprint density at radius 1 is 1.24 bits per heavy atom. The maximum absolute atomic E-state index is 12.0. The van der Waals surface area contributed by atoms with Gasteiger partial charge >= 0.3 is 0 Å². The molecular weight excluding hydrogens is 284 g/mol. The molecule has 0 N–H and O–H groups in total. The van der Waals surface area contributed by atoms with E-state index in [0.717, 1.165) is 35.8 Å². The molecule has 4 rings (SSSR count). The Morgan fingerprint density at radius 3 is 2.90 bits per heavy atom. The summed E-state index contributed by atoms with van der Waals surface area (Å²) in [6.45, 7) is 4.02. The monoisotopic (exact) mass is 304 g/mol. The fourth-order valence-corrected chi connectivity index (χ4v) is 4.80. The van der Waals surface area contributed by atoms with Gasteiger partial charge in [-0.25, -0.2) is 4.98 Å². The summed E-state index contributed by atoms with van der Waals surface area (Å²) in [5, 5.41) is 5.45. The van der Waals surface area contributed by atoms with Crippen LogP contribution in [-0.2, 0) is 0 Å². The van der Waals surface area contributed by atoms with Crippen LogP contribution in [0.2, 0.25) is 0 Å². The van der Waals surface area contributed by atoms with Gasteiger partial charge in [-0.1, -0.05) is 30.6 Å². The van der Waals surface area contributed by atoms with E-state index in [1.54, 1.807) is 6.07 Å². The lowest BCUT2D eigenvalue weighted by Crippen LogP contribution is -2.41. The van der Waals surface area contributed by atoms with Crippen LogP contribution in [0.4, 0.5) is 5.13 Å². The number of aromatic nitrogens is 3. The molecular formula is C15H20N4OS. The molecule has 0 unspecified atom stereocenters. The molecule has 1 saturated heterocycles. The van der Waals surface area contributed by atoms with Crippen LogP contribution in [-0.4, -0.2) is 27.7 Å². The Kier molecular flexibility index (Phi) is 3.21. The van der Waals surface area contributed by atoms with Crippen LogP contribution in [0.25, 0.3) is 4.96 Å². The van der Waals surface area contributed by atoms with Gasteiger partial charge in [-0.15, -0.1) is 5.10 Å². The van der Waals surface area contributed by atoms with Crippen molar-refractivity contribution in [2.24, 2.45) is 11.8 Å². The zero-order valence-corrected chi connectivity index (χ0v) is 13.1. The first-order chi connectivity index (χ1) is 10.2. The van der Waals surface area contributed by atoms with Crippen molar-refractivity contribution in [1.82, 2.24) is 14.6 Å². The fourth-order valence-electron chi connectivity index (χ4n) is 3.81. The molecule has 21 heavy (non-hydrogen) atoms. The van der Waals surface area contributed by atoms with Crippen molar-refractivity contribution < 1.29 is 0 Å². The summed E-state index contributed by atoms with van der Waals surface area (Å²) in [4.78, 5) is 19.5. The molecule has 2 aliphatic rings. The quantitative estimate of drug-likeness (QED) is 0.812. The van der Waals surface area contributed by atoms with E-state index < -0.39 is 0 Å². The molecule has 3 heterocycles. The number of nitrogens with zero attached hydrogens (tertiary/aromatic N) is 4. The number of aryl methyl sites for hydroxylation is 1. The van der Waals surface area contributed by atoms with E-state index in [4.69, 9.17) is 0 Å². The third kappa shape index (κ3) is 2.35. The highest BCUT2D eigenvalue weighted by molar-refractivity contribution is 7.20. The topological polar surface area (TPSA) is 50.5 Å². The number of rotatable bonds is 1. The summed E-state index contributed by atoms with van der Waals surface area (Å²) in [7, 11) is 0. The highest BCUT2D eigenvalue weighted by Crippen LogP contribution is 2.38. The lowest BCUT2D eigenvalue weighted by molar-refractivity contribution is 0.202. The first-order valence-corrected chi connectivity index (χ1v) is 8.65. The Bertz CT molecular complexity index is 722. The molecule has 0 bridgehead atoms. The molecule has 2 aromatic rings. The summed E-state index contributed by atoms with van der Waals surface area (Å²) in [6.07, 6.45) is 6.79. The van der Waals surface area contributed by atoms with Crippen molar-refractivity contribution in [3.63, 3.8) is 0 Å². The second kappa shape index (κ2) is 5.09. The molecule has 0 radical (unpaired) electrons. The lowest BCUT2D eigenvalue weighted by atomic mass is 9.75. The summed E-state index contributed by atoms with van der Waals surface area (Å²) >= 11 is 1.54. The van der Waals surface area contributed by atoms with Crippen molar-refractivity contribution >= 4 is 21.4 Å². The number of piperidine rings is 1. The van der Waals surface area contributed by atoms with E-state index in [9.17, 15) is 4.79 Å². The van der Waals surface area contributed by atoms with E-state index in [0.29, 0.717) is 4.96 Å². The van der Waals surface area contributed by atoms with Crippen LogP contribution in [0.1, 0.15) is 37.8 Å². The fraction of sp³-hybridized carbons (Fsp3) is 0.667. The predicted molar refractivity (Wildman–Crippen MR) is 84.1 cm³/mol. The third-order valence-corrected chi connectivity index (χ3v) is 5.89. The van der Waals surface area contributed by atoms with Gasteiger partial charge < -0.3 is 4.90 Å². The maximum atomic E-state index is 12.0. The maximum Gasteiger partial charge on any atom is 0.275 e. The average Bonchev–Trinajstić information content (AvgIpc) is 2.91. The first kappa shape index (κ1) is 13.2. The van der Waals surface area contributed by atoms with Gasteiger partial charge in [-0.2, -0.15) is 4.52 Å². The van der Waals surface area contributed by atoms with E-state index in [2.05, 4.69) is 15.0 Å². The molecule has 112 valence electrons.